The molecule has 13 heteroatoms. The van der Waals surface area contributed by atoms with Crippen LogP contribution < -0.4 is 31.0 Å². The fraction of sp³-hybridized carbons (Fsp3) is 0.200. The number of rotatable bonds is 10. The van der Waals surface area contributed by atoms with Crippen LogP contribution in [0.4, 0.5) is 5.69 Å². The van der Waals surface area contributed by atoms with Crippen LogP contribution in [0.5, 0.6) is 17.2 Å². The van der Waals surface area contributed by atoms with Crippen LogP contribution in [0, 0.1) is 5.41 Å². The van der Waals surface area contributed by atoms with E-state index in [1.54, 1.807) is 36.4 Å². The second kappa shape index (κ2) is 11.2. The highest BCUT2D eigenvalue weighted by atomic mass is 16.5. The van der Waals surface area contributed by atoms with Crippen LogP contribution in [-0.4, -0.2) is 50.3 Å². The molecular formula is C25H26N8O5. The first-order valence-corrected chi connectivity index (χ1v) is 11.5. The third kappa shape index (κ3) is 5.78. The van der Waals surface area contributed by atoms with Crippen LogP contribution in [0.1, 0.15) is 36.8 Å². The number of anilines is 1. The van der Waals surface area contributed by atoms with Crippen molar-refractivity contribution in [2.24, 2.45) is 5.73 Å². The molecule has 4 rings (SSSR count). The first-order valence-electron chi connectivity index (χ1n) is 11.5. The zero-order chi connectivity index (χ0) is 27.2. The molecule has 0 saturated heterocycles. The Labute approximate surface area is 217 Å². The molecule has 0 saturated carbocycles. The summed E-state index contributed by atoms with van der Waals surface area (Å²) in [5.74, 6) is 0.690. The van der Waals surface area contributed by atoms with Crippen LogP contribution in [0.25, 0.3) is 5.95 Å². The van der Waals surface area contributed by atoms with Crippen molar-refractivity contribution in [2.75, 3.05) is 19.0 Å². The SMILES string of the molecule is CCOc1cc(OC)cc(C(Nc2ccc(C(=N)N)c(OC(C)=O)c2)c2nn(-c3ncccn3)c(=O)[nH]2)c1. The topological polar surface area (TPSA) is 183 Å². The third-order valence-corrected chi connectivity index (χ3v) is 5.27. The molecule has 196 valence electrons. The summed E-state index contributed by atoms with van der Waals surface area (Å²) in [7, 11) is 1.53. The number of ether oxygens (including phenoxy) is 3. The molecule has 1 atom stereocenters. The number of nitrogen functional groups attached to an aromatic ring is 1. The summed E-state index contributed by atoms with van der Waals surface area (Å²) in [6, 6.07) is 10.9. The van der Waals surface area contributed by atoms with Crippen LogP contribution in [0.2, 0.25) is 0 Å². The van der Waals surface area contributed by atoms with Gasteiger partial charge in [-0.1, -0.05) is 0 Å². The lowest BCUT2D eigenvalue weighted by Gasteiger charge is -2.21. The Morgan fingerprint density at radius 2 is 1.92 bits per heavy atom. The van der Waals surface area contributed by atoms with E-state index >= 15 is 0 Å². The van der Waals surface area contributed by atoms with Crippen molar-refractivity contribution in [2.45, 2.75) is 19.9 Å². The number of aromatic amines is 1. The number of hydrogen-bond donors (Lipinski definition) is 4. The summed E-state index contributed by atoms with van der Waals surface area (Å²) in [6.45, 7) is 3.54. The number of methoxy groups -OCH3 is 1. The highest BCUT2D eigenvalue weighted by Crippen LogP contribution is 2.33. The molecule has 38 heavy (non-hydrogen) atoms. The van der Waals surface area contributed by atoms with Gasteiger partial charge in [0, 0.05) is 37.1 Å². The van der Waals surface area contributed by atoms with Gasteiger partial charge in [0.25, 0.3) is 5.95 Å². The van der Waals surface area contributed by atoms with Gasteiger partial charge in [0.05, 0.1) is 19.3 Å². The number of hydrogen-bond acceptors (Lipinski definition) is 10. The Kier molecular flexibility index (Phi) is 7.66. The number of aromatic nitrogens is 5. The molecule has 4 aromatic rings. The number of nitrogens with one attached hydrogen (secondary N) is 3. The number of nitrogens with zero attached hydrogens (tertiary/aromatic N) is 4. The van der Waals surface area contributed by atoms with E-state index in [9.17, 15) is 9.59 Å². The van der Waals surface area contributed by atoms with Gasteiger partial charge >= 0.3 is 11.7 Å². The minimum absolute atomic E-state index is 0.0994. The quantitative estimate of drug-likeness (QED) is 0.105. The lowest BCUT2D eigenvalue weighted by Crippen LogP contribution is -2.18. The van der Waals surface area contributed by atoms with Gasteiger partial charge < -0.3 is 25.3 Å². The highest BCUT2D eigenvalue weighted by molar-refractivity contribution is 5.98. The molecule has 5 N–H and O–H groups in total. The van der Waals surface area contributed by atoms with E-state index in [-0.39, 0.29) is 28.9 Å². The molecule has 0 radical (unpaired) electrons. The number of benzene rings is 2. The van der Waals surface area contributed by atoms with Gasteiger partial charge in [0.2, 0.25) is 0 Å². The van der Waals surface area contributed by atoms with E-state index in [0.717, 1.165) is 4.68 Å². The second-order valence-electron chi connectivity index (χ2n) is 7.95. The van der Waals surface area contributed by atoms with Crippen molar-refractivity contribution >= 4 is 17.5 Å². The summed E-state index contributed by atoms with van der Waals surface area (Å²) in [5, 5.41) is 15.5. The third-order valence-electron chi connectivity index (χ3n) is 5.27. The van der Waals surface area contributed by atoms with Crippen LogP contribution in [0.3, 0.4) is 0 Å². The maximum atomic E-state index is 12.8. The molecule has 0 amide bonds. The zero-order valence-electron chi connectivity index (χ0n) is 20.9. The van der Waals surface area contributed by atoms with E-state index in [4.69, 9.17) is 25.4 Å². The van der Waals surface area contributed by atoms with E-state index in [0.29, 0.717) is 29.4 Å². The Morgan fingerprint density at radius 1 is 1.18 bits per heavy atom. The summed E-state index contributed by atoms with van der Waals surface area (Å²) in [6.07, 6.45) is 3.00. The zero-order valence-corrected chi connectivity index (χ0v) is 20.9. The van der Waals surface area contributed by atoms with Crippen molar-refractivity contribution in [3.05, 3.63) is 82.3 Å². The van der Waals surface area contributed by atoms with E-state index < -0.39 is 17.7 Å². The Hall–Kier alpha value is -5.20. The first-order chi connectivity index (χ1) is 18.3. The molecular weight excluding hydrogens is 492 g/mol. The number of carbonyl (C=O) groups excluding carboxylic acids is 1. The summed E-state index contributed by atoms with van der Waals surface area (Å²) in [5.41, 5.74) is 6.50. The van der Waals surface area contributed by atoms with Gasteiger partial charge in [-0.2, -0.15) is 0 Å². The summed E-state index contributed by atoms with van der Waals surface area (Å²) in [4.78, 5) is 35.4. The van der Waals surface area contributed by atoms with Crippen LogP contribution in [0.15, 0.2) is 59.7 Å². The monoisotopic (exact) mass is 518 g/mol. The van der Waals surface area contributed by atoms with Crippen LogP contribution >= 0.6 is 0 Å². The van der Waals surface area contributed by atoms with Gasteiger partial charge in [-0.25, -0.2) is 14.8 Å². The second-order valence-corrected chi connectivity index (χ2v) is 7.95. The van der Waals surface area contributed by atoms with Crippen molar-refractivity contribution in [3.63, 3.8) is 0 Å². The number of carbonyl (C=O) groups is 1. The number of nitrogens with two attached hydrogens (primary N) is 1. The highest BCUT2D eigenvalue weighted by Gasteiger charge is 2.23. The maximum absolute atomic E-state index is 12.8. The molecule has 2 aromatic heterocycles. The number of H-pyrrole nitrogens is 1. The Bertz CT molecular complexity index is 1520. The molecule has 13 nitrogen and oxygen atoms in total. The van der Waals surface area contributed by atoms with Crippen molar-refractivity contribution in [1.29, 1.82) is 5.41 Å². The molecule has 2 aromatic carbocycles. The van der Waals surface area contributed by atoms with Gasteiger partial charge in [-0.05, 0) is 42.8 Å². The largest absolute Gasteiger partial charge is 0.497 e. The average molecular weight is 519 g/mol. The van der Waals surface area contributed by atoms with E-state index in [1.807, 2.05) is 6.92 Å². The molecule has 0 aliphatic carbocycles. The predicted molar refractivity (Wildman–Crippen MR) is 138 cm³/mol. The van der Waals surface area contributed by atoms with Crippen LogP contribution in [-0.2, 0) is 4.79 Å². The summed E-state index contributed by atoms with van der Waals surface area (Å²) < 4.78 is 17.5. The molecule has 1 unspecified atom stereocenters. The maximum Gasteiger partial charge on any atom is 0.350 e. The number of amidine groups is 1. The van der Waals surface area contributed by atoms with E-state index in [2.05, 4.69) is 25.4 Å². The standard InChI is InChI=1S/C25H26N8O5/c1-4-37-18-11-15(10-17(13-18)36-3)21(23-31-25(35)33(32-23)24-28-8-5-9-29-24)30-16-6-7-19(22(26)27)20(12-16)38-14(2)34/h5-13,21,30H,4H2,1-3H3,(H3,26,27)(H,31,32,35). The fourth-order valence-electron chi connectivity index (χ4n) is 3.69. The Morgan fingerprint density at radius 3 is 2.58 bits per heavy atom. The minimum atomic E-state index is -0.740. The van der Waals surface area contributed by atoms with Crippen molar-refractivity contribution in [1.82, 2.24) is 24.7 Å². The van der Waals surface area contributed by atoms with Gasteiger partial charge in [-0.15, -0.1) is 9.78 Å². The minimum Gasteiger partial charge on any atom is -0.497 e. The molecule has 2 heterocycles. The molecule has 0 aliphatic heterocycles. The van der Waals surface area contributed by atoms with Gasteiger partial charge in [0.15, 0.2) is 5.82 Å². The lowest BCUT2D eigenvalue weighted by molar-refractivity contribution is -0.131. The van der Waals surface area contributed by atoms with Crippen molar-refractivity contribution < 1.29 is 19.0 Å². The van der Waals surface area contributed by atoms with Gasteiger partial charge in [0.1, 0.15) is 29.1 Å². The van der Waals surface area contributed by atoms with Gasteiger partial charge in [-0.3, -0.25) is 15.2 Å². The van der Waals surface area contributed by atoms with E-state index in [1.165, 1.54) is 32.5 Å². The summed E-state index contributed by atoms with van der Waals surface area (Å²) >= 11 is 0. The van der Waals surface area contributed by atoms with Crippen molar-refractivity contribution in [3.8, 4) is 23.2 Å². The first kappa shape index (κ1) is 25.9. The number of esters is 1. The lowest BCUT2D eigenvalue weighted by atomic mass is 10.0. The Balaban J connectivity index is 1.84. The molecule has 0 aliphatic rings. The predicted octanol–water partition coefficient (Wildman–Crippen LogP) is 2.17. The molecule has 0 spiro atoms. The average Bonchev–Trinajstić information content (AvgIpc) is 3.28. The normalized spacial score (nSPS) is 11.4. The molecule has 0 fully saturated rings. The molecule has 0 bridgehead atoms. The smallest absolute Gasteiger partial charge is 0.350 e. The fourth-order valence-corrected chi connectivity index (χ4v) is 3.69.